The van der Waals surface area contributed by atoms with Gasteiger partial charge >= 0.3 is 0 Å². The Morgan fingerprint density at radius 3 is 3.00 bits per heavy atom. The molecule has 2 heterocycles. The number of aliphatic hydroxyl groups excluding tert-OH is 1. The molecule has 0 saturated carbocycles. The Labute approximate surface area is 108 Å². The van der Waals surface area contributed by atoms with Crippen LogP contribution in [0.3, 0.4) is 0 Å². The zero-order valence-electron chi connectivity index (χ0n) is 11.0. The summed E-state index contributed by atoms with van der Waals surface area (Å²) < 4.78 is 11.7. The van der Waals surface area contributed by atoms with Crippen LogP contribution in [0.5, 0.6) is 5.75 Å². The van der Waals surface area contributed by atoms with Gasteiger partial charge in [-0.15, -0.1) is 0 Å². The summed E-state index contributed by atoms with van der Waals surface area (Å²) in [5.41, 5.74) is 1.84. The molecule has 1 saturated heterocycles. The Balaban J connectivity index is 1.98. The van der Waals surface area contributed by atoms with Crippen molar-refractivity contribution in [2.45, 2.75) is 38.4 Å². The number of hydrogen-bond donors (Lipinski definition) is 1. The van der Waals surface area contributed by atoms with Gasteiger partial charge in [-0.2, -0.15) is 0 Å². The average Bonchev–Trinajstić information content (AvgIpc) is 2.34. The minimum atomic E-state index is -0.422. The molecular weight excluding hydrogens is 228 g/mol. The van der Waals surface area contributed by atoms with Crippen molar-refractivity contribution in [1.29, 1.82) is 0 Å². The van der Waals surface area contributed by atoms with E-state index in [4.69, 9.17) is 9.47 Å². The van der Waals surface area contributed by atoms with Gasteiger partial charge in [0, 0.05) is 24.3 Å². The van der Waals surface area contributed by atoms with E-state index in [-0.39, 0.29) is 5.60 Å². The zero-order chi connectivity index (χ0) is 12.8. The molecule has 0 bridgehead atoms. The maximum atomic E-state index is 10.4. The maximum absolute atomic E-state index is 10.4. The Hall–Kier alpha value is -1.06. The van der Waals surface area contributed by atoms with Crippen molar-refractivity contribution >= 4 is 0 Å². The third kappa shape index (κ3) is 1.82. The van der Waals surface area contributed by atoms with Crippen LogP contribution in [0.15, 0.2) is 18.2 Å². The Kier molecular flexibility index (Phi) is 2.83. The second-order valence-electron chi connectivity index (χ2n) is 5.65. The fourth-order valence-corrected chi connectivity index (χ4v) is 3.08. The second-order valence-corrected chi connectivity index (χ2v) is 5.65. The molecule has 1 aromatic carbocycles. The number of hydrogen-bond acceptors (Lipinski definition) is 3. The van der Waals surface area contributed by atoms with E-state index in [1.165, 1.54) is 0 Å². The van der Waals surface area contributed by atoms with E-state index in [1.54, 1.807) is 0 Å². The molecule has 0 aliphatic carbocycles. The van der Waals surface area contributed by atoms with Gasteiger partial charge in [0.05, 0.1) is 19.3 Å². The van der Waals surface area contributed by atoms with Crippen LogP contribution in [-0.2, 0) is 4.74 Å². The molecule has 3 nitrogen and oxygen atoms in total. The number of aryl methyl sites for hydroxylation is 1. The minimum Gasteiger partial charge on any atom is -0.486 e. The van der Waals surface area contributed by atoms with Crippen molar-refractivity contribution in [2.75, 3.05) is 13.2 Å². The quantitative estimate of drug-likeness (QED) is 0.767. The summed E-state index contributed by atoms with van der Waals surface area (Å²) in [5.74, 6) is 1.16. The maximum Gasteiger partial charge on any atom is 0.125 e. The summed E-state index contributed by atoms with van der Waals surface area (Å²) in [6.45, 7) is 5.62. The Morgan fingerprint density at radius 1 is 1.39 bits per heavy atom. The molecule has 0 radical (unpaired) electrons. The summed E-state index contributed by atoms with van der Waals surface area (Å²) in [4.78, 5) is 0. The van der Waals surface area contributed by atoms with E-state index >= 15 is 0 Å². The summed E-state index contributed by atoms with van der Waals surface area (Å²) in [6, 6.07) is 6.04. The van der Waals surface area contributed by atoms with E-state index in [9.17, 15) is 5.11 Å². The lowest BCUT2D eigenvalue weighted by Gasteiger charge is -2.47. The van der Waals surface area contributed by atoms with Crippen LogP contribution in [0, 0.1) is 12.8 Å². The molecule has 1 N–H and O–H groups in total. The highest BCUT2D eigenvalue weighted by atomic mass is 16.5. The highest BCUT2D eigenvalue weighted by Gasteiger charge is 2.46. The van der Waals surface area contributed by atoms with E-state index < -0.39 is 6.10 Å². The molecule has 2 aliphatic heterocycles. The molecule has 0 aromatic heterocycles. The van der Waals surface area contributed by atoms with Crippen LogP contribution in [0.1, 0.15) is 37.0 Å². The topological polar surface area (TPSA) is 38.7 Å². The first-order chi connectivity index (χ1) is 8.61. The molecule has 18 heavy (non-hydrogen) atoms. The molecule has 3 atom stereocenters. The predicted octanol–water partition coefficient (Wildman–Crippen LogP) is 2.61. The first kappa shape index (κ1) is 12.0. The van der Waals surface area contributed by atoms with Crippen molar-refractivity contribution < 1.29 is 14.6 Å². The average molecular weight is 248 g/mol. The van der Waals surface area contributed by atoms with Crippen LogP contribution < -0.4 is 4.74 Å². The Bertz CT molecular complexity index is 457. The highest BCUT2D eigenvalue weighted by Crippen LogP contribution is 2.46. The SMILES string of the molecule is Cc1ccc2c(c1)[C@H](O)CC1(CCOCC1C)O2. The van der Waals surface area contributed by atoms with Crippen molar-refractivity contribution in [3.05, 3.63) is 29.3 Å². The van der Waals surface area contributed by atoms with E-state index in [0.29, 0.717) is 18.9 Å². The van der Waals surface area contributed by atoms with Crippen molar-refractivity contribution in [3.63, 3.8) is 0 Å². The van der Waals surface area contributed by atoms with Gasteiger partial charge < -0.3 is 14.6 Å². The van der Waals surface area contributed by atoms with E-state index in [0.717, 1.165) is 29.9 Å². The van der Waals surface area contributed by atoms with E-state index in [2.05, 4.69) is 6.92 Å². The predicted molar refractivity (Wildman–Crippen MR) is 68.7 cm³/mol. The lowest BCUT2D eigenvalue weighted by molar-refractivity contribution is -0.121. The van der Waals surface area contributed by atoms with Crippen LogP contribution >= 0.6 is 0 Å². The lowest BCUT2D eigenvalue weighted by atomic mass is 9.77. The molecule has 3 rings (SSSR count). The molecule has 0 amide bonds. The molecule has 1 aromatic rings. The van der Waals surface area contributed by atoms with Gasteiger partial charge in [-0.25, -0.2) is 0 Å². The van der Waals surface area contributed by atoms with Crippen molar-refractivity contribution in [2.24, 2.45) is 5.92 Å². The minimum absolute atomic E-state index is 0.250. The third-order valence-electron chi connectivity index (χ3n) is 4.31. The summed E-state index contributed by atoms with van der Waals surface area (Å²) >= 11 is 0. The number of rotatable bonds is 0. The molecule has 2 unspecified atom stereocenters. The standard InChI is InChI=1S/C15H20O3/c1-10-3-4-14-12(7-10)13(16)8-15(18-14)5-6-17-9-11(15)2/h3-4,7,11,13,16H,5-6,8-9H2,1-2H3/t11?,13-,15?/m1/s1. The van der Waals surface area contributed by atoms with Crippen LogP contribution in [0.2, 0.25) is 0 Å². The molecule has 1 spiro atoms. The Morgan fingerprint density at radius 2 is 2.22 bits per heavy atom. The van der Waals surface area contributed by atoms with Crippen molar-refractivity contribution in [1.82, 2.24) is 0 Å². The van der Waals surface area contributed by atoms with Crippen molar-refractivity contribution in [3.8, 4) is 5.75 Å². The normalized spacial score (nSPS) is 35.1. The van der Waals surface area contributed by atoms with Gasteiger partial charge in [0.1, 0.15) is 11.4 Å². The highest BCUT2D eigenvalue weighted by molar-refractivity contribution is 5.41. The summed E-state index contributed by atoms with van der Waals surface area (Å²) in [6.07, 6.45) is 1.11. The molecule has 1 fully saturated rings. The first-order valence-corrected chi connectivity index (χ1v) is 6.66. The van der Waals surface area contributed by atoms with Gasteiger partial charge in [0.2, 0.25) is 0 Å². The smallest absolute Gasteiger partial charge is 0.125 e. The zero-order valence-corrected chi connectivity index (χ0v) is 11.0. The van der Waals surface area contributed by atoms with Gasteiger partial charge in [-0.1, -0.05) is 18.6 Å². The van der Waals surface area contributed by atoms with Gasteiger partial charge in [-0.05, 0) is 19.1 Å². The number of ether oxygens (including phenoxy) is 2. The third-order valence-corrected chi connectivity index (χ3v) is 4.31. The molecule has 3 heteroatoms. The fourth-order valence-electron chi connectivity index (χ4n) is 3.08. The van der Waals surface area contributed by atoms with Crippen LogP contribution in [0.4, 0.5) is 0 Å². The first-order valence-electron chi connectivity index (χ1n) is 6.66. The number of benzene rings is 1. The van der Waals surface area contributed by atoms with E-state index in [1.807, 2.05) is 25.1 Å². The summed E-state index contributed by atoms with van der Waals surface area (Å²) in [5, 5.41) is 10.4. The largest absolute Gasteiger partial charge is 0.486 e. The molecular formula is C15H20O3. The molecule has 98 valence electrons. The summed E-state index contributed by atoms with van der Waals surface area (Å²) in [7, 11) is 0. The van der Waals surface area contributed by atoms with Gasteiger partial charge in [0.15, 0.2) is 0 Å². The lowest BCUT2D eigenvalue weighted by Crippen LogP contribution is -2.51. The van der Waals surface area contributed by atoms with Crippen LogP contribution in [-0.4, -0.2) is 23.9 Å². The molecule has 2 aliphatic rings. The monoisotopic (exact) mass is 248 g/mol. The van der Waals surface area contributed by atoms with Crippen LogP contribution in [0.25, 0.3) is 0 Å². The number of aliphatic hydroxyl groups is 1. The number of fused-ring (bicyclic) bond motifs is 1. The fraction of sp³-hybridized carbons (Fsp3) is 0.600. The second kappa shape index (κ2) is 4.25. The van der Waals surface area contributed by atoms with Gasteiger partial charge in [0.25, 0.3) is 0 Å². The van der Waals surface area contributed by atoms with Gasteiger partial charge in [-0.3, -0.25) is 0 Å².